The summed E-state index contributed by atoms with van der Waals surface area (Å²) < 4.78 is 26.9. The van der Waals surface area contributed by atoms with Gasteiger partial charge in [-0.1, -0.05) is 26.0 Å². The summed E-state index contributed by atoms with van der Waals surface area (Å²) >= 11 is 0. The lowest BCUT2D eigenvalue weighted by atomic mass is 9.82. The predicted molar refractivity (Wildman–Crippen MR) is 82.8 cm³/mol. The van der Waals surface area contributed by atoms with E-state index in [1.54, 1.807) is 16.4 Å². The van der Waals surface area contributed by atoms with Crippen LogP contribution in [0.5, 0.6) is 0 Å². The Labute approximate surface area is 127 Å². The van der Waals surface area contributed by atoms with E-state index < -0.39 is 10.0 Å². The molecule has 0 saturated carbocycles. The number of Topliss-reactive ketones (excluding diaryl/α,β-unsaturated/α-hetero) is 1. The molecule has 4 nitrogen and oxygen atoms in total. The summed E-state index contributed by atoms with van der Waals surface area (Å²) in [6, 6.07) is 6.23. The molecule has 1 aliphatic heterocycles. The van der Waals surface area contributed by atoms with Crippen LogP contribution in [0.25, 0.3) is 0 Å². The molecule has 1 aliphatic rings. The number of sulfonamides is 1. The normalized spacial score (nSPS) is 18.8. The van der Waals surface area contributed by atoms with Crippen molar-refractivity contribution >= 4 is 15.8 Å². The van der Waals surface area contributed by atoms with Crippen LogP contribution in [-0.2, 0) is 10.0 Å². The summed E-state index contributed by atoms with van der Waals surface area (Å²) in [6.45, 7) is 6.90. The van der Waals surface area contributed by atoms with E-state index in [2.05, 4.69) is 13.8 Å². The first kappa shape index (κ1) is 16.2. The van der Waals surface area contributed by atoms with Gasteiger partial charge >= 0.3 is 0 Å². The van der Waals surface area contributed by atoms with Crippen molar-refractivity contribution < 1.29 is 13.2 Å². The molecule has 0 radical (unpaired) electrons. The van der Waals surface area contributed by atoms with Crippen LogP contribution in [0, 0.1) is 5.41 Å². The number of rotatable bonds is 5. The summed E-state index contributed by atoms with van der Waals surface area (Å²) in [5.74, 6) is -0.0592. The first-order valence-corrected chi connectivity index (χ1v) is 8.90. The van der Waals surface area contributed by atoms with Gasteiger partial charge in [-0.2, -0.15) is 4.31 Å². The lowest BCUT2D eigenvalue weighted by molar-refractivity contribution is 0.101. The number of carbonyl (C=O) groups is 1. The molecule has 2 rings (SSSR count). The van der Waals surface area contributed by atoms with E-state index in [4.69, 9.17) is 0 Å². The van der Waals surface area contributed by atoms with Crippen LogP contribution in [0.15, 0.2) is 29.2 Å². The minimum absolute atomic E-state index is 0.0592. The number of hydrogen-bond acceptors (Lipinski definition) is 3. The maximum absolute atomic E-state index is 12.7. The molecule has 5 heteroatoms. The third-order valence-corrected chi connectivity index (χ3v) is 6.66. The molecule has 1 saturated heterocycles. The van der Waals surface area contributed by atoms with Crippen molar-refractivity contribution in [3.8, 4) is 0 Å². The van der Waals surface area contributed by atoms with Gasteiger partial charge in [0.15, 0.2) is 5.78 Å². The predicted octanol–water partition coefficient (Wildman–Crippen LogP) is 3.09. The highest BCUT2D eigenvalue weighted by Gasteiger charge is 2.40. The third kappa shape index (κ3) is 3.04. The molecular formula is C16H23NO3S. The molecule has 0 spiro atoms. The summed E-state index contributed by atoms with van der Waals surface area (Å²) in [6.07, 6.45) is 2.92. The van der Waals surface area contributed by atoms with Gasteiger partial charge in [-0.3, -0.25) is 4.79 Å². The quantitative estimate of drug-likeness (QED) is 0.785. The molecule has 21 heavy (non-hydrogen) atoms. The van der Waals surface area contributed by atoms with Gasteiger partial charge in [0.2, 0.25) is 10.0 Å². The first-order chi connectivity index (χ1) is 9.84. The second-order valence-electron chi connectivity index (χ2n) is 5.88. The van der Waals surface area contributed by atoms with Gasteiger partial charge < -0.3 is 0 Å². The Hall–Kier alpha value is -1.20. The van der Waals surface area contributed by atoms with Crippen LogP contribution >= 0.6 is 0 Å². The van der Waals surface area contributed by atoms with E-state index in [1.807, 2.05) is 0 Å². The van der Waals surface area contributed by atoms with Crippen LogP contribution in [0.2, 0.25) is 0 Å². The number of nitrogens with zero attached hydrogens (tertiary/aromatic N) is 1. The molecule has 1 aromatic rings. The topological polar surface area (TPSA) is 54.5 Å². The van der Waals surface area contributed by atoms with Gasteiger partial charge in [0.1, 0.15) is 0 Å². The maximum Gasteiger partial charge on any atom is 0.243 e. The second kappa shape index (κ2) is 5.89. The van der Waals surface area contributed by atoms with Gasteiger partial charge in [0, 0.05) is 18.7 Å². The number of carbonyl (C=O) groups excluding carboxylic acids is 1. The Balaban J connectivity index is 2.25. The van der Waals surface area contributed by atoms with E-state index in [0.29, 0.717) is 18.7 Å². The van der Waals surface area contributed by atoms with Gasteiger partial charge in [0.25, 0.3) is 0 Å². The molecule has 0 amide bonds. The van der Waals surface area contributed by atoms with Crippen molar-refractivity contribution in [2.75, 3.05) is 13.1 Å². The molecule has 0 bridgehead atoms. The molecule has 1 heterocycles. The smallest absolute Gasteiger partial charge is 0.243 e. The Morgan fingerprint density at radius 2 is 1.76 bits per heavy atom. The fourth-order valence-corrected chi connectivity index (χ4v) is 4.49. The van der Waals surface area contributed by atoms with Gasteiger partial charge in [-0.05, 0) is 43.7 Å². The summed E-state index contributed by atoms with van der Waals surface area (Å²) in [5.41, 5.74) is 0.652. The molecule has 0 aromatic heterocycles. The third-order valence-electron chi connectivity index (χ3n) is 4.80. The molecule has 116 valence electrons. The Morgan fingerprint density at radius 3 is 2.19 bits per heavy atom. The van der Waals surface area contributed by atoms with Crippen LogP contribution in [0.3, 0.4) is 0 Å². The second-order valence-corrected chi connectivity index (χ2v) is 7.81. The largest absolute Gasteiger partial charge is 0.295 e. The standard InChI is InChI=1S/C16H23NO3S/c1-4-16(5-2)10-11-17(12-16)21(19,20)15-8-6-14(7-9-15)13(3)18/h6-9H,4-5,10-12H2,1-3H3. The molecular weight excluding hydrogens is 286 g/mol. The lowest BCUT2D eigenvalue weighted by Crippen LogP contribution is -2.31. The average Bonchev–Trinajstić information content (AvgIpc) is 2.93. The fourth-order valence-electron chi connectivity index (χ4n) is 2.94. The van der Waals surface area contributed by atoms with E-state index in [-0.39, 0.29) is 16.1 Å². The molecule has 0 atom stereocenters. The molecule has 0 N–H and O–H groups in total. The fraction of sp³-hybridized carbons (Fsp3) is 0.562. The summed E-state index contributed by atoms with van der Waals surface area (Å²) in [4.78, 5) is 11.5. The van der Waals surface area contributed by atoms with Crippen LogP contribution < -0.4 is 0 Å². The van der Waals surface area contributed by atoms with Gasteiger partial charge in [-0.25, -0.2) is 8.42 Å². The van der Waals surface area contributed by atoms with Crippen LogP contribution in [0.4, 0.5) is 0 Å². The zero-order chi connectivity index (χ0) is 15.7. The van der Waals surface area contributed by atoms with Crippen molar-refractivity contribution in [3.63, 3.8) is 0 Å². The van der Waals surface area contributed by atoms with Crippen LogP contribution in [-0.4, -0.2) is 31.6 Å². The number of hydrogen-bond donors (Lipinski definition) is 0. The average molecular weight is 309 g/mol. The number of benzene rings is 1. The van der Waals surface area contributed by atoms with Crippen molar-refractivity contribution in [1.29, 1.82) is 0 Å². The Bertz CT molecular complexity index is 615. The molecule has 0 unspecified atom stereocenters. The highest BCUT2D eigenvalue weighted by atomic mass is 32.2. The minimum Gasteiger partial charge on any atom is -0.295 e. The number of ketones is 1. The maximum atomic E-state index is 12.7. The van der Waals surface area contributed by atoms with Crippen LogP contribution in [0.1, 0.15) is 50.4 Å². The molecule has 1 aromatic carbocycles. The summed E-state index contributed by atoms with van der Waals surface area (Å²) in [7, 11) is -3.45. The van der Waals surface area contributed by atoms with Crippen molar-refractivity contribution in [3.05, 3.63) is 29.8 Å². The zero-order valence-corrected chi connectivity index (χ0v) is 13.7. The lowest BCUT2D eigenvalue weighted by Gasteiger charge is -2.26. The monoisotopic (exact) mass is 309 g/mol. The zero-order valence-electron chi connectivity index (χ0n) is 12.9. The van der Waals surface area contributed by atoms with Gasteiger partial charge in [0.05, 0.1) is 4.90 Å². The van der Waals surface area contributed by atoms with Crippen molar-refractivity contribution in [2.45, 2.75) is 44.9 Å². The SMILES string of the molecule is CCC1(CC)CCN(S(=O)(=O)c2ccc(C(C)=O)cc2)C1. The minimum atomic E-state index is -3.45. The van der Waals surface area contributed by atoms with E-state index in [9.17, 15) is 13.2 Å². The molecule has 1 fully saturated rings. The van der Waals surface area contributed by atoms with E-state index >= 15 is 0 Å². The van der Waals surface area contributed by atoms with Crippen molar-refractivity contribution in [2.24, 2.45) is 5.41 Å². The first-order valence-electron chi connectivity index (χ1n) is 7.46. The van der Waals surface area contributed by atoms with E-state index in [0.717, 1.165) is 19.3 Å². The van der Waals surface area contributed by atoms with Crippen molar-refractivity contribution in [1.82, 2.24) is 4.31 Å². The van der Waals surface area contributed by atoms with E-state index in [1.165, 1.54) is 19.1 Å². The highest BCUT2D eigenvalue weighted by Crippen LogP contribution is 2.39. The highest BCUT2D eigenvalue weighted by molar-refractivity contribution is 7.89. The molecule has 0 aliphatic carbocycles. The van der Waals surface area contributed by atoms with Gasteiger partial charge in [-0.15, -0.1) is 0 Å². The Morgan fingerprint density at radius 1 is 1.19 bits per heavy atom. The Kier molecular flexibility index (Phi) is 4.54. The summed E-state index contributed by atoms with van der Waals surface area (Å²) in [5, 5.41) is 0.